The van der Waals surface area contributed by atoms with Crippen LogP contribution in [0.3, 0.4) is 0 Å². The minimum absolute atomic E-state index is 0. The predicted molar refractivity (Wildman–Crippen MR) is 331 cm³/mol. The molecule has 0 radical (unpaired) electrons. The van der Waals surface area contributed by atoms with Crippen molar-refractivity contribution >= 4 is 43.1 Å². The van der Waals surface area contributed by atoms with Gasteiger partial charge in [-0.2, -0.15) is 0 Å². The molecule has 1 aliphatic heterocycles. The van der Waals surface area contributed by atoms with Gasteiger partial charge >= 0.3 is 11.9 Å². The minimum atomic E-state index is -1.07. The largest absolute Gasteiger partial charge is 0.458 e. The number of benzene rings is 2. The standard InChI is InChI=1S/C32H39NO5.C23H28O5.C13H23NOSi.2CH4/c1-20(34)38-18-28(37)32-19-33(16-21-7-5-4-6-8-21)17-23(32)14-26-25-10-9-22-13-24(35)11-12-30(22,2)29(25)27(36)15-31(26,32)3;1-13(24)28-12-20(27)18-7-6-17-16-5-4-14-10-15(25)8-9-22(14,2)21(16)19(26)11-23(17,18)3;1-15-11-14(12-16(2,3)4)10-13-8-6-5-7-9-13;;/h4-8,11-13,23,25-27,29,36H,9-10,14-19H2,1-3H3;7-10,16-17,19,21,26H,4-6,11-12H2,1-3H3;5-9H,10-12H2,1-4H3;2*1H4/t23-,25-,26-,27-,29+,30-,31-,32+;16-,17-,19-,21+,22-,23-;;;/m00.../s1. The van der Waals surface area contributed by atoms with Gasteiger partial charge in [0, 0.05) is 80.8 Å². The molecule has 0 aromatic heterocycles. The van der Waals surface area contributed by atoms with Crippen molar-refractivity contribution in [2.24, 2.45) is 68.5 Å². The number of carbonyl (C=O) groups excluding carboxylic acids is 6. The Labute approximate surface area is 502 Å². The van der Waals surface area contributed by atoms with E-state index in [1.165, 1.54) is 31.1 Å². The molecule has 6 fully saturated rings. The van der Waals surface area contributed by atoms with Gasteiger partial charge in [0.1, 0.15) is 0 Å². The van der Waals surface area contributed by atoms with Gasteiger partial charge in [-0.1, -0.05) is 152 Å². The second-order valence-corrected chi connectivity index (χ2v) is 33.1. The highest BCUT2D eigenvalue weighted by atomic mass is 28.3. The van der Waals surface area contributed by atoms with Gasteiger partial charge in [-0.25, -0.2) is 0 Å². The van der Waals surface area contributed by atoms with E-state index in [9.17, 15) is 39.0 Å². The van der Waals surface area contributed by atoms with Crippen LogP contribution >= 0.6 is 0 Å². The summed E-state index contributed by atoms with van der Waals surface area (Å²) in [5.74, 6) is 0.386. The number of ether oxygens (including phenoxy) is 3. The molecule has 1 heterocycles. The number of esters is 2. The van der Waals surface area contributed by atoms with E-state index in [1.807, 2.05) is 36.4 Å². The van der Waals surface area contributed by atoms with Crippen molar-refractivity contribution in [2.75, 3.05) is 46.3 Å². The molecule has 0 spiro atoms. The molecule has 9 aliphatic rings. The van der Waals surface area contributed by atoms with Crippen LogP contribution in [0.4, 0.5) is 0 Å². The Kier molecular flexibility index (Phi) is 20.5. The molecule has 1 saturated heterocycles. The molecular formula is C70H98N2O11Si. The van der Waals surface area contributed by atoms with Crippen molar-refractivity contribution in [1.82, 2.24) is 9.80 Å². The maximum atomic E-state index is 14.2. The van der Waals surface area contributed by atoms with Gasteiger partial charge in [0.25, 0.3) is 0 Å². The fourth-order valence-corrected chi connectivity index (χ4v) is 19.7. The second-order valence-electron chi connectivity index (χ2n) is 27.7. The summed E-state index contributed by atoms with van der Waals surface area (Å²) in [7, 11) is 0.701. The van der Waals surface area contributed by atoms with Crippen LogP contribution in [0.15, 0.2) is 120 Å². The molecule has 2 N–H and O–H groups in total. The van der Waals surface area contributed by atoms with Crippen molar-refractivity contribution in [1.29, 1.82) is 0 Å². The molecule has 0 bridgehead atoms. The lowest BCUT2D eigenvalue weighted by Gasteiger charge is -2.60. The van der Waals surface area contributed by atoms with Crippen LogP contribution in [0.1, 0.15) is 119 Å². The highest BCUT2D eigenvalue weighted by Gasteiger charge is 2.73. The summed E-state index contributed by atoms with van der Waals surface area (Å²) in [6.45, 7) is 22.0. The van der Waals surface area contributed by atoms with Crippen LogP contribution in [0.25, 0.3) is 0 Å². The lowest BCUT2D eigenvalue weighted by atomic mass is 9.44. The Balaban J connectivity index is 0.000000194. The number of hydrogen-bond donors (Lipinski definition) is 2. The predicted octanol–water partition coefficient (Wildman–Crippen LogP) is 11.3. The van der Waals surface area contributed by atoms with Gasteiger partial charge in [-0.3, -0.25) is 38.6 Å². The lowest BCUT2D eigenvalue weighted by Crippen LogP contribution is -2.60. The van der Waals surface area contributed by atoms with Crippen LogP contribution in [0, 0.1) is 68.5 Å². The number of fused-ring (bicyclic) bond motifs is 12. The van der Waals surface area contributed by atoms with Crippen LogP contribution in [0.2, 0.25) is 19.6 Å². The average molecular weight is 1170 g/mol. The summed E-state index contributed by atoms with van der Waals surface area (Å²) in [4.78, 5) is 78.5. The molecule has 8 aliphatic carbocycles. The van der Waals surface area contributed by atoms with Crippen molar-refractivity contribution < 1.29 is 53.2 Å². The summed E-state index contributed by atoms with van der Waals surface area (Å²) in [6.07, 6.45) is 19.3. The highest BCUT2D eigenvalue weighted by Crippen LogP contribution is 2.73. The summed E-state index contributed by atoms with van der Waals surface area (Å²) in [5, 5.41) is 23.1. The molecule has 2 aromatic rings. The van der Waals surface area contributed by atoms with Gasteiger partial charge in [0.2, 0.25) is 0 Å². The number of aliphatic hydroxyl groups is 2. The van der Waals surface area contributed by atoms with E-state index in [4.69, 9.17) is 14.2 Å². The molecule has 11 rings (SSSR count). The summed E-state index contributed by atoms with van der Waals surface area (Å²) in [5.41, 5.74) is 3.46. The zero-order valence-electron chi connectivity index (χ0n) is 50.3. The monoisotopic (exact) mass is 1170 g/mol. The first-order valence-electron chi connectivity index (χ1n) is 30.1. The van der Waals surface area contributed by atoms with Gasteiger partial charge in [0.05, 0.1) is 32.4 Å². The number of rotatable bonds is 14. The zero-order chi connectivity index (χ0) is 59.2. The third-order valence-electron chi connectivity index (χ3n) is 21.3. The number of aliphatic hydroxyl groups excluding tert-OH is 2. The number of nitrogens with zero attached hydrogens (tertiary/aromatic N) is 2. The molecular weight excluding hydrogens is 1070 g/mol. The maximum Gasteiger partial charge on any atom is 0.303 e. The van der Waals surface area contributed by atoms with Gasteiger partial charge in [-0.05, 0) is 128 Å². The SMILES string of the molecule is C.C.CC(=O)OCC(=O)C1=CC[C@H]2[C@@H]3CCC4=CC(=O)C=C[C@]4(C)[C@H]3[C@@H](O)C[C@]12C.CC(=O)OCC(=O)[C@@]12CN(Cc3ccccc3)C[C@@H]1C[C@H]1[C@@H]3CCC4=CC(=O)C=C[C@]4(C)[C@H]3[C@@H](O)C[C@@]12C.COCN(Cc1ccccc1)C[Si](C)(C)C. The third kappa shape index (κ3) is 12.8. The first kappa shape index (κ1) is 66.3. The van der Waals surface area contributed by atoms with Gasteiger partial charge in [-0.15, -0.1) is 0 Å². The van der Waals surface area contributed by atoms with Crippen molar-refractivity contribution in [3.05, 3.63) is 131 Å². The van der Waals surface area contributed by atoms with E-state index in [0.29, 0.717) is 30.9 Å². The zero-order valence-corrected chi connectivity index (χ0v) is 51.3. The van der Waals surface area contributed by atoms with Crippen LogP contribution in [-0.4, -0.2) is 122 Å². The number of likely N-dealkylation sites (tertiary alicyclic amines) is 1. The van der Waals surface area contributed by atoms with Crippen molar-refractivity contribution in [3.63, 3.8) is 0 Å². The molecule has 14 heteroatoms. The molecule has 2 aromatic carbocycles. The van der Waals surface area contributed by atoms with Crippen LogP contribution < -0.4 is 0 Å². The summed E-state index contributed by atoms with van der Waals surface area (Å²) < 4.78 is 15.5. The Morgan fingerprint density at radius 2 is 1.25 bits per heavy atom. The number of carbonyl (C=O) groups is 6. The van der Waals surface area contributed by atoms with E-state index in [0.717, 1.165) is 76.0 Å². The fraction of sp³-hybridized carbons (Fsp3) is 0.600. The first-order valence-corrected chi connectivity index (χ1v) is 33.8. The highest BCUT2D eigenvalue weighted by molar-refractivity contribution is 6.76. The van der Waals surface area contributed by atoms with Crippen LogP contribution in [0.5, 0.6) is 0 Å². The Morgan fingerprint density at radius 1 is 0.726 bits per heavy atom. The van der Waals surface area contributed by atoms with Gasteiger partial charge < -0.3 is 24.4 Å². The molecule has 13 nitrogen and oxygen atoms in total. The summed E-state index contributed by atoms with van der Waals surface area (Å²) in [6, 6.07) is 20.9. The Morgan fingerprint density at radius 3 is 1.79 bits per heavy atom. The van der Waals surface area contributed by atoms with Crippen molar-refractivity contribution in [2.45, 2.75) is 153 Å². The smallest absolute Gasteiger partial charge is 0.303 e. The van der Waals surface area contributed by atoms with E-state index in [-0.39, 0.29) is 97.5 Å². The van der Waals surface area contributed by atoms with E-state index in [1.54, 1.807) is 31.4 Å². The topological polar surface area (TPSA) is 177 Å². The normalized spacial score (nSPS) is 34.9. The van der Waals surface area contributed by atoms with Crippen molar-refractivity contribution in [3.8, 4) is 0 Å². The molecule has 14 atom stereocenters. The Bertz CT molecular complexity index is 2930. The second kappa shape index (κ2) is 26.0. The third-order valence-corrected chi connectivity index (χ3v) is 22.7. The molecule has 5 saturated carbocycles. The number of hydrogen-bond acceptors (Lipinski definition) is 13. The molecule has 0 unspecified atom stereocenters. The number of ketones is 4. The lowest BCUT2D eigenvalue weighted by molar-refractivity contribution is -0.164. The van der Waals surface area contributed by atoms with Gasteiger partial charge in [0.15, 0.2) is 36.3 Å². The molecule has 0 amide bonds. The first-order chi connectivity index (χ1) is 38.8. The number of Topliss-reactive ketones (excluding diaryl/α,β-unsaturated/α-hetero) is 2. The fourth-order valence-electron chi connectivity index (χ4n) is 18.2. The number of methoxy groups -OCH3 is 1. The minimum Gasteiger partial charge on any atom is -0.458 e. The van der Waals surface area contributed by atoms with E-state index < -0.39 is 48.5 Å². The maximum absolute atomic E-state index is 14.2. The summed E-state index contributed by atoms with van der Waals surface area (Å²) >= 11 is 0. The van der Waals surface area contributed by atoms with Crippen LogP contribution in [-0.2, 0) is 56.1 Å². The molecule has 84 heavy (non-hydrogen) atoms. The average Bonchev–Trinajstić information content (AvgIpc) is 1.47. The Hall–Kier alpha value is -5.22. The quantitative estimate of drug-likeness (QED) is 0.104. The molecule has 458 valence electrons. The van der Waals surface area contributed by atoms with E-state index >= 15 is 0 Å². The number of allylic oxidation sites excluding steroid dienone is 9. The van der Waals surface area contributed by atoms with E-state index in [2.05, 4.69) is 99.6 Å².